The molecule has 3 rings (SSSR count). The molecule has 1 fully saturated rings. The smallest absolute Gasteiger partial charge is 0.308 e. The molecule has 0 bridgehead atoms. The van der Waals surface area contributed by atoms with E-state index in [2.05, 4.69) is 5.32 Å². The van der Waals surface area contributed by atoms with Crippen LogP contribution in [-0.2, 0) is 4.79 Å². The average molecular weight is 317 g/mol. The maximum Gasteiger partial charge on any atom is 0.308 e. The minimum atomic E-state index is -0.890. The van der Waals surface area contributed by atoms with E-state index in [0.717, 1.165) is 6.42 Å². The van der Waals surface area contributed by atoms with Crippen molar-refractivity contribution < 1.29 is 23.5 Å². The van der Waals surface area contributed by atoms with Gasteiger partial charge >= 0.3 is 5.97 Å². The Labute approximate surface area is 132 Å². The number of carboxylic acid groups (broad SMARTS) is 1. The number of hydrogen-bond donors (Lipinski definition) is 2. The highest BCUT2D eigenvalue weighted by Gasteiger charge is 2.34. The van der Waals surface area contributed by atoms with Gasteiger partial charge < -0.3 is 14.8 Å². The van der Waals surface area contributed by atoms with Crippen molar-refractivity contribution in [2.24, 2.45) is 5.92 Å². The predicted molar refractivity (Wildman–Crippen MR) is 80.3 cm³/mol. The second kappa shape index (κ2) is 6.24. The Morgan fingerprint density at radius 2 is 1.87 bits per heavy atom. The quantitative estimate of drug-likeness (QED) is 0.908. The fraction of sp³-hybridized carbons (Fsp3) is 0.294. The van der Waals surface area contributed by atoms with Crippen LogP contribution < -0.4 is 5.32 Å². The molecule has 2 aromatic rings. The summed E-state index contributed by atoms with van der Waals surface area (Å²) < 4.78 is 18.4. The molecule has 1 saturated carbocycles. The summed E-state index contributed by atoms with van der Waals surface area (Å²) in [5, 5.41) is 11.9. The molecule has 1 amide bonds. The van der Waals surface area contributed by atoms with Crippen molar-refractivity contribution in [3.8, 4) is 11.3 Å². The highest BCUT2D eigenvalue weighted by molar-refractivity contribution is 5.92. The lowest BCUT2D eigenvalue weighted by molar-refractivity contribution is -0.142. The van der Waals surface area contributed by atoms with Gasteiger partial charge in [-0.15, -0.1) is 0 Å². The van der Waals surface area contributed by atoms with Gasteiger partial charge in [0, 0.05) is 11.6 Å². The van der Waals surface area contributed by atoms with Gasteiger partial charge in [-0.1, -0.05) is 6.42 Å². The van der Waals surface area contributed by atoms with E-state index in [-0.39, 0.29) is 17.6 Å². The Kier molecular flexibility index (Phi) is 4.14. The van der Waals surface area contributed by atoms with E-state index < -0.39 is 17.8 Å². The number of amides is 1. The molecule has 2 N–H and O–H groups in total. The van der Waals surface area contributed by atoms with Crippen LogP contribution in [0.3, 0.4) is 0 Å². The number of halogens is 1. The molecule has 120 valence electrons. The number of rotatable bonds is 4. The third-order valence-electron chi connectivity index (χ3n) is 4.11. The normalized spacial score (nSPS) is 20.4. The van der Waals surface area contributed by atoms with Crippen molar-refractivity contribution in [2.75, 3.05) is 0 Å². The molecule has 2 atom stereocenters. The van der Waals surface area contributed by atoms with Gasteiger partial charge in [-0.25, -0.2) is 4.39 Å². The molecule has 1 aromatic carbocycles. The van der Waals surface area contributed by atoms with E-state index in [1.165, 1.54) is 18.2 Å². The van der Waals surface area contributed by atoms with Gasteiger partial charge in [0.2, 0.25) is 0 Å². The molecule has 0 aliphatic heterocycles. The van der Waals surface area contributed by atoms with E-state index >= 15 is 0 Å². The zero-order chi connectivity index (χ0) is 16.4. The standard InChI is InChI=1S/C17H16FNO4/c18-11-6-4-10(5-7-11)14-8-9-15(23-14)16(20)19-13-3-1-2-12(13)17(21)22/h4-9,12-13H,1-3H2,(H,19,20)(H,21,22)/t12-,13+/m1/s1. The van der Waals surface area contributed by atoms with Crippen LogP contribution in [0, 0.1) is 11.7 Å². The molecule has 5 nitrogen and oxygen atoms in total. The summed E-state index contributed by atoms with van der Waals surface area (Å²) in [5.41, 5.74) is 0.662. The highest BCUT2D eigenvalue weighted by Crippen LogP contribution is 2.27. The molecule has 0 radical (unpaired) electrons. The van der Waals surface area contributed by atoms with E-state index in [4.69, 9.17) is 9.52 Å². The molecule has 1 heterocycles. The lowest BCUT2D eigenvalue weighted by atomic mass is 10.0. The molecule has 0 unspecified atom stereocenters. The minimum absolute atomic E-state index is 0.111. The number of benzene rings is 1. The third kappa shape index (κ3) is 3.26. The summed E-state index contributed by atoms with van der Waals surface area (Å²) in [6, 6.07) is 8.53. The summed E-state index contributed by atoms with van der Waals surface area (Å²) in [4.78, 5) is 23.4. The minimum Gasteiger partial charge on any atom is -0.481 e. The largest absolute Gasteiger partial charge is 0.481 e. The average Bonchev–Trinajstić information content (AvgIpc) is 3.16. The first-order valence-corrected chi connectivity index (χ1v) is 7.44. The topological polar surface area (TPSA) is 79.5 Å². The van der Waals surface area contributed by atoms with Crippen LogP contribution in [0.25, 0.3) is 11.3 Å². The Bertz CT molecular complexity index is 722. The van der Waals surface area contributed by atoms with E-state index in [0.29, 0.717) is 24.2 Å². The number of hydrogen-bond acceptors (Lipinski definition) is 3. The van der Waals surface area contributed by atoms with E-state index in [1.54, 1.807) is 18.2 Å². The summed E-state index contributed by atoms with van der Waals surface area (Å²) in [6.45, 7) is 0. The van der Waals surface area contributed by atoms with Crippen molar-refractivity contribution in [1.29, 1.82) is 0 Å². The van der Waals surface area contributed by atoms with Gasteiger partial charge in [0.25, 0.3) is 5.91 Å². The molecule has 1 aromatic heterocycles. The van der Waals surface area contributed by atoms with Crippen molar-refractivity contribution in [3.05, 3.63) is 48.0 Å². The molecular weight excluding hydrogens is 301 g/mol. The highest BCUT2D eigenvalue weighted by atomic mass is 19.1. The Balaban J connectivity index is 1.71. The lowest BCUT2D eigenvalue weighted by Gasteiger charge is -2.16. The summed E-state index contributed by atoms with van der Waals surface area (Å²) >= 11 is 0. The van der Waals surface area contributed by atoms with Crippen LogP contribution in [0.2, 0.25) is 0 Å². The Morgan fingerprint density at radius 1 is 1.13 bits per heavy atom. The van der Waals surface area contributed by atoms with Gasteiger partial charge in [0.15, 0.2) is 5.76 Å². The maximum absolute atomic E-state index is 12.9. The third-order valence-corrected chi connectivity index (χ3v) is 4.11. The van der Waals surface area contributed by atoms with Gasteiger partial charge in [0.1, 0.15) is 11.6 Å². The summed E-state index contributed by atoms with van der Waals surface area (Å²) in [5.74, 6) is -1.66. The number of nitrogens with one attached hydrogen (secondary N) is 1. The van der Waals surface area contributed by atoms with Crippen molar-refractivity contribution in [2.45, 2.75) is 25.3 Å². The molecule has 1 aliphatic rings. The SMILES string of the molecule is O=C(N[C@H]1CCC[C@H]1C(=O)O)c1ccc(-c2ccc(F)cc2)o1. The van der Waals surface area contributed by atoms with Crippen molar-refractivity contribution in [3.63, 3.8) is 0 Å². The monoisotopic (exact) mass is 317 g/mol. The number of carboxylic acids is 1. The second-order valence-corrected chi connectivity index (χ2v) is 5.63. The van der Waals surface area contributed by atoms with Gasteiger partial charge in [-0.3, -0.25) is 9.59 Å². The van der Waals surface area contributed by atoms with Crippen LogP contribution in [0.1, 0.15) is 29.8 Å². The fourth-order valence-corrected chi connectivity index (χ4v) is 2.90. The first-order valence-electron chi connectivity index (χ1n) is 7.44. The molecule has 6 heteroatoms. The van der Waals surface area contributed by atoms with Crippen LogP contribution in [0.15, 0.2) is 40.8 Å². The first kappa shape index (κ1) is 15.3. The maximum atomic E-state index is 12.9. The zero-order valence-corrected chi connectivity index (χ0v) is 12.3. The van der Waals surface area contributed by atoms with Gasteiger partial charge in [-0.2, -0.15) is 0 Å². The molecule has 23 heavy (non-hydrogen) atoms. The molecule has 1 aliphatic carbocycles. The fourth-order valence-electron chi connectivity index (χ4n) is 2.90. The predicted octanol–water partition coefficient (Wildman–Crippen LogP) is 3.07. The first-order chi connectivity index (χ1) is 11.0. The molecule has 0 spiro atoms. The van der Waals surface area contributed by atoms with Crippen molar-refractivity contribution >= 4 is 11.9 Å². The Hall–Kier alpha value is -2.63. The molecular formula is C17H16FNO4. The lowest BCUT2D eigenvalue weighted by Crippen LogP contribution is -2.40. The van der Waals surface area contributed by atoms with Crippen LogP contribution in [0.5, 0.6) is 0 Å². The number of carbonyl (C=O) groups is 2. The van der Waals surface area contributed by atoms with Gasteiger partial charge in [0.05, 0.1) is 5.92 Å². The van der Waals surface area contributed by atoms with Crippen LogP contribution >= 0.6 is 0 Å². The summed E-state index contributed by atoms with van der Waals surface area (Å²) in [7, 11) is 0. The second-order valence-electron chi connectivity index (χ2n) is 5.63. The van der Waals surface area contributed by atoms with E-state index in [1.807, 2.05) is 0 Å². The van der Waals surface area contributed by atoms with Crippen LogP contribution in [-0.4, -0.2) is 23.0 Å². The number of carbonyl (C=O) groups excluding carboxylic acids is 1. The number of aliphatic carboxylic acids is 1. The van der Waals surface area contributed by atoms with Gasteiger partial charge in [-0.05, 0) is 49.2 Å². The van der Waals surface area contributed by atoms with Crippen molar-refractivity contribution in [1.82, 2.24) is 5.32 Å². The van der Waals surface area contributed by atoms with E-state index in [9.17, 15) is 14.0 Å². The zero-order valence-electron chi connectivity index (χ0n) is 12.3. The molecule has 0 saturated heterocycles. The Morgan fingerprint density at radius 3 is 2.57 bits per heavy atom. The summed E-state index contributed by atoms with van der Waals surface area (Å²) in [6.07, 6.45) is 1.99. The number of furan rings is 1. The van der Waals surface area contributed by atoms with Crippen LogP contribution in [0.4, 0.5) is 4.39 Å².